The molecule has 0 amide bonds. The molecule has 1 atom stereocenters. The van der Waals surface area contributed by atoms with Gasteiger partial charge in [0, 0.05) is 44.9 Å². The van der Waals surface area contributed by atoms with Gasteiger partial charge >= 0.3 is 0 Å². The molecule has 2 aromatic heterocycles. The van der Waals surface area contributed by atoms with Crippen LogP contribution in [0.3, 0.4) is 0 Å². The first-order chi connectivity index (χ1) is 10.1. The number of aromatic nitrogens is 4. The number of aliphatic hydroxyl groups is 1. The van der Waals surface area contributed by atoms with Crippen LogP contribution in [0, 0.1) is 5.92 Å². The number of hydrogen-bond acceptors (Lipinski definition) is 5. The third-order valence-electron chi connectivity index (χ3n) is 4.00. The molecule has 0 aromatic carbocycles. The van der Waals surface area contributed by atoms with Crippen LogP contribution in [0.25, 0.3) is 0 Å². The fourth-order valence-electron chi connectivity index (χ4n) is 2.76. The van der Waals surface area contributed by atoms with Crippen molar-refractivity contribution in [3.05, 3.63) is 35.1 Å². The zero-order valence-electron chi connectivity index (χ0n) is 11.9. The Kier molecular flexibility index (Phi) is 4.21. The Bertz CT molecular complexity index is 592. The number of imidazole rings is 1. The average Bonchev–Trinajstić information content (AvgIpc) is 2.94. The van der Waals surface area contributed by atoms with E-state index in [0.717, 1.165) is 42.2 Å². The Balaban J connectivity index is 1.62. The Morgan fingerprint density at radius 1 is 1.24 bits per heavy atom. The highest BCUT2D eigenvalue weighted by molar-refractivity contribution is 9.10. The number of piperidine rings is 1. The van der Waals surface area contributed by atoms with Gasteiger partial charge in [0.25, 0.3) is 0 Å². The Labute approximate surface area is 132 Å². The lowest BCUT2D eigenvalue weighted by Crippen LogP contribution is -2.37. The van der Waals surface area contributed by atoms with Gasteiger partial charge in [0.1, 0.15) is 11.9 Å². The van der Waals surface area contributed by atoms with Gasteiger partial charge in [0.05, 0.1) is 4.47 Å². The summed E-state index contributed by atoms with van der Waals surface area (Å²) in [6.07, 6.45) is 8.43. The maximum absolute atomic E-state index is 10.5. The summed E-state index contributed by atoms with van der Waals surface area (Å²) in [6.45, 7) is 1.71. The second-order valence-electron chi connectivity index (χ2n) is 5.37. The van der Waals surface area contributed by atoms with Crippen molar-refractivity contribution in [3.63, 3.8) is 0 Å². The minimum Gasteiger partial charge on any atom is -0.385 e. The maximum atomic E-state index is 10.5. The monoisotopic (exact) mass is 351 g/mol. The van der Waals surface area contributed by atoms with Gasteiger partial charge in [-0.2, -0.15) is 0 Å². The topological polar surface area (TPSA) is 67.1 Å². The van der Waals surface area contributed by atoms with Gasteiger partial charge in [0.2, 0.25) is 5.95 Å². The summed E-state index contributed by atoms with van der Waals surface area (Å²) in [6, 6.07) is 0. The SMILES string of the molecule is Cn1ccnc1C(O)C1CCN(c2ncc(Br)cn2)CC1. The van der Waals surface area contributed by atoms with E-state index in [9.17, 15) is 5.11 Å². The van der Waals surface area contributed by atoms with Crippen LogP contribution in [-0.2, 0) is 7.05 Å². The van der Waals surface area contributed by atoms with E-state index in [0.29, 0.717) is 0 Å². The molecule has 3 rings (SSSR count). The molecule has 21 heavy (non-hydrogen) atoms. The molecule has 1 saturated heterocycles. The van der Waals surface area contributed by atoms with Crippen LogP contribution in [0.15, 0.2) is 29.3 Å². The minimum absolute atomic E-state index is 0.234. The first-order valence-electron chi connectivity index (χ1n) is 7.03. The lowest BCUT2D eigenvalue weighted by molar-refractivity contribution is 0.0823. The summed E-state index contributed by atoms with van der Waals surface area (Å²) in [5, 5.41) is 10.5. The fourth-order valence-corrected chi connectivity index (χ4v) is 2.96. The lowest BCUT2D eigenvalue weighted by Gasteiger charge is -2.33. The van der Waals surface area contributed by atoms with Crippen molar-refractivity contribution in [1.29, 1.82) is 0 Å². The second kappa shape index (κ2) is 6.11. The highest BCUT2D eigenvalue weighted by atomic mass is 79.9. The van der Waals surface area contributed by atoms with Crippen LogP contribution < -0.4 is 4.90 Å². The van der Waals surface area contributed by atoms with Crippen molar-refractivity contribution in [3.8, 4) is 0 Å². The van der Waals surface area contributed by atoms with Crippen LogP contribution in [0.2, 0.25) is 0 Å². The van der Waals surface area contributed by atoms with Crippen LogP contribution in [0.1, 0.15) is 24.8 Å². The van der Waals surface area contributed by atoms with E-state index in [1.165, 1.54) is 0 Å². The maximum Gasteiger partial charge on any atom is 0.225 e. The lowest BCUT2D eigenvalue weighted by atomic mass is 9.91. The summed E-state index contributed by atoms with van der Waals surface area (Å²) >= 11 is 3.34. The van der Waals surface area contributed by atoms with Gasteiger partial charge in [0.15, 0.2) is 0 Å². The molecule has 0 radical (unpaired) electrons. The predicted molar refractivity (Wildman–Crippen MR) is 82.8 cm³/mol. The highest BCUT2D eigenvalue weighted by Crippen LogP contribution is 2.30. The first-order valence-corrected chi connectivity index (χ1v) is 7.82. The summed E-state index contributed by atoms with van der Waals surface area (Å²) in [4.78, 5) is 15.1. The molecular weight excluding hydrogens is 334 g/mol. The molecule has 1 unspecified atom stereocenters. The van der Waals surface area contributed by atoms with Gasteiger partial charge in [-0.3, -0.25) is 0 Å². The van der Waals surface area contributed by atoms with Crippen molar-refractivity contribution >= 4 is 21.9 Å². The Hall–Kier alpha value is -1.47. The smallest absolute Gasteiger partial charge is 0.225 e. The van der Waals surface area contributed by atoms with Crippen LogP contribution in [0.4, 0.5) is 5.95 Å². The molecule has 2 aromatic rings. The summed E-state index contributed by atoms with van der Waals surface area (Å²) in [7, 11) is 1.91. The zero-order chi connectivity index (χ0) is 14.8. The van der Waals surface area contributed by atoms with Crippen molar-refractivity contribution in [2.45, 2.75) is 18.9 Å². The molecule has 0 spiro atoms. The zero-order valence-corrected chi connectivity index (χ0v) is 13.4. The predicted octanol–water partition coefficient (Wildman–Crippen LogP) is 1.92. The van der Waals surface area contributed by atoms with Crippen LogP contribution in [-0.4, -0.2) is 37.7 Å². The molecule has 0 aliphatic carbocycles. The number of anilines is 1. The molecule has 1 aliphatic heterocycles. The van der Waals surface area contributed by atoms with Crippen LogP contribution >= 0.6 is 15.9 Å². The van der Waals surface area contributed by atoms with E-state index < -0.39 is 6.10 Å². The molecule has 3 heterocycles. The summed E-state index contributed by atoms with van der Waals surface area (Å²) < 4.78 is 2.76. The van der Waals surface area contributed by atoms with Crippen LogP contribution in [0.5, 0.6) is 0 Å². The minimum atomic E-state index is -0.502. The number of aryl methyl sites for hydroxylation is 1. The van der Waals surface area contributed by atoms with Gasteiger partial charge in [-0.1, -0.05) is 0 Å². The van der Waals surface area contributed by atoms with Gasteiger partial charge in [-0.05, 0) is 34.7 Å². The van der Waals surface area contributed by atoms with E-state index in [2.05, 4.69) is 35.8 Å². The van der Waals surface area contributed by atoms with Crippen molar-refractivity contribution in [1.82, 2.24) is 19.5 Å². The first kappa shape index (κ1) is 14.5. The molecule has 0 saturated carbocycles. The molecule has 7 heteroatoms. The molecule has 0 bridgehead atoms. The van der Waals surface area contributed by atoms with Gasteiger partial charge in [-0.15, -0.1) is 0 Å². The standard InChI is InChI=1S/C14H18BrN5O/c1-19-7-4-16-13(19)12(21)10-2-5-20(6-3-10)14-17-8-11(15)9-18-14/h4,7-10,12,21H,2-3,5-6H2,1H3. The number of rotatable bonds is 3. The van der Waals surface area contributed by atoms with Crippen molar-refractivity contribution in [2.24, 2.45) is 13.0 Å². The summed E-state index contributed by atoms with van der Waals surface area (Å²) in [5.74, 6) is 1.73. The fraction of sp³-hybridized carbons (Fsp3) is 0.500. The normalized spacial score (nSPS) is 18.0. The third kappa shape index (κ3) is 3.08. The number of hydrogen-bond donors (Lipinski definition) is 1. The molecule has 6 nitrogen and oxygen atoms in total. The van der Waals surface area contributed by atoms with E-state index in [-0.39, 0.29) is 5.92 Å². The molecule has 1 aliphatic rings. The average molecular weight is 352 g/mol. The summed E-state index contributed by atoms with van der Waals surface area (Å²) in [5.41, 5.74) is 0. The van der Waals surface area contributed by atoms with E-state index >= 15 is 0 Å². The highest BCUT2D eigenvalue weighted by Gasteiger charge is 2.29. The van der Waals surface area contributed by atoms with Gasteiger partial charge in [-0.25, -0.2) is 15.0 Å². The second-order valence-corrected chi connectivity index (χ2v) is 6.28. The number of nitrogens with zero attached hydrogens (tertiary/aromatic N) is 5. The quantitative estimate of drug-likeness (QED) is 0.914. The van der Waals surface area contributed by atoms with Crippen molar-refractivity contribution < 1.29 is 5.11 Å². The largest absolute Gasteiger partial charge is 0.385 e. The molecule has 112 valence electrons. The van der Waals surface area contributed by atoms with E-state index in [1.54, 1.807) is 18.6 Å². The molecule has 1 fully saturated rings. The Morgan fingerprint density at radius 3 is 2.48 bits per heavy atom. The third-order valence-corrected chi connectivity index (χ3v) is 4.41. The Morgan fingerprint density at radius 2 is 1.90 bits per heavy atom. The van der Waals surface area contributed by atoms with Crippen molar-refractivity contribution in [2.75, 3.05) is 18.0 Å². The molecular formula is C14H18BrN5O. The number of aliphatic hydroxyl groups excluding tert-OH is 1. The van der Waals surface area contributed by atoms with E-state index in [1.807, 2.05) is 17.8 Å². The molecule has 1 N–H and O–H groups in total. The van der Waals surface area contributed by atoms with Gasteiger partial charge < -0.3 is 14.6 Å². The number of halogens is 1. The van der Waals surface area contributed by atoms with E-state index in [4.69, 9.17) is 0 Å².